The molecule has 0 spiro atoms. The maximum Gasteiger partial charge on any atom is 0.234 e. The summed E-state index contributed by atoms with van der Waals surface area (Å²) in [5.41, 5.74) is 0.913. The van der Waals surface area contributed by atoms with Gasteiger partial charge in [0.25, 0.3) is 0 Å². The predicted molar refractivity (Wildman–Crippen MR) is 85.6 cm³/mol. The number of carbonyl (C=O) groups excluding carboxylic acids is 1. The second kappa shape index (κ2) is 7.86. The highest BCUT2D eigenvalue weighted by atomic mass is 19.1. The lowest BCUT2D eigenvalue weighted by molar-refractivity contribution is -0.124. The van der Waals surface area contributed by atoms with E-state index in [1.807, 2.05) is 6.07 Å². The third-order valence-electron chi connectivity index (χ3n) is 4.52. The summed E-state index contributed by atoms with van der Waals surface area (Å²) in [6.45, 7) is 4.13. The Balaban J connectivity index is 1.60. The Hall–Kier alpha value is -1.50. The number of amides is 1. The van der Waals surface area contributed by atoms with Crippen LogP contribution in [0.3, 0.4) is 0 Å². The number of hydrogen-bond donors (Lipinski definition) is 2. The van der Waals surface area contributed by atoms with E-state index in [0.717, 1.165) is 38.0 Å². The first-order valence-electron chi connectivity index (χ1n) is 8.30. The van der Waals surface area contributed by atoms with Gasteiger partial charge in [-0.05, 0) is 30.5 Å². The van der Waals surface area contributed by atoms with Crippen LogP contribution in [-0.2, 0) is 9.53 Å². The van der Waals surface area contributed by atoms with Crippen LogP contribution in [0.15, 0.2) is 24.3 Å². The van der Waals surface area contributed by atoms with E-state index in [1.165, 1.54) is 6.07 Å². The fourth-order valence-corrected chi connectivity index (χ4v) is 3.28. The smallest absolute Gasteiger partial charge is 0.234 e. The molecule has 2 aliphatic heterocycles. The zero-order chi connectivity index (χ0) is 16.1. The highest BCUT2D eigenvalue weighted by Crippen LogP contribution is 2.22. The van der Waals surface area contributed by atoms with Crippen molar-refractivity contribution in [3.05, 3.63) is 35.6 Å². The Morgan fingerprint density at radius 2 is 2.22 bits per heavy atom. The molecule has 2 heterocycles. The zero-order valence-corrected chi connectivity index (χ0v) is 13.3. The Labute approximate surface area is 136 Å². The van der Waals surface area contributed by atoms with Crippen molar-refractivity contribution in [3.63, 3.8) is 0 Å². The van der Waals surface area contributed by atoms with E-state index in [4.69, 9.17) is 4.74 Å². The topological polar surface area (TPSA) is 53.6 Å². The number of carbonyl (C=O) groups is 1. The van der Waals surface area contributed by atoms with Crippen molar-refractivity contribution >= 4 is 5.91 Å². The van der Waals surface area contributed by atoms with Crippen LogP contribution in [0.1, 0.15) is 24.4 Å². The van der Waals surface area contributed by atoms with Gasteiger partial charge in [-0.15, -0.1) is 0 Å². The number of nitrogens with zero attached hydrogens (tertiary/aromatic N) is 1. The Morgan fingerprint density at radius 1 is 1.39 bits per heavy atom. The van der Waals surface area contributed by atoms with Crippen LogP contribution in [0.5, 0.6) is 0 Å². The van der Waals surface area contributed by atoms with Crippen LogP contribution in [-0.4, -0.2) is 56.2 Å². The molecule has 3 rings (SSSR count). The highest BCUT2D eigenvalue weighted by molar-refractivity contribution is 5.78. The van der Waals surface area contributed by atoms with Crippen LogP contribution in [0.2, 0.25) is 0 Å². The molecule has 6 heteroatoms. The number of hydrogen-bond acceptors (Lipinski definition) is 4. The first kappa shape index (κ1) is 16.4. The lowest BCUT2D eigenvalue weighted by Gasteiger charge is -2.36. The summed E-state index contributed by atoms with van der Waals surface area (Å²) < 4.78 is 18.8. The van der Waals surface area contributed by atoms with E-state index in [-0.39, 0.29) is 23.8 Å². The molecule has 2 N–H and O–H groups in total. The van der Waals surface area contributed by atoms with Gasteiger partial charge in [-0.3, -0.25) is 9.69 Å². The van der Waals surface area contributed by atoms with Gasteiger partial charge < -0.3 is 15.4 Å². The molecule has 1 unspecified atom stereocenters. The standard InChI is InChI=1S/C17H24FN3O2/c18-14-3-1-2-13(10-14)16-11-19-6-7-21(16)12-17(22)20-15-4-8-23-9-5-15/h1-3,10,15-16,19H,4-9,11-12H2,(H,20,22). The van der Waals surface area contributed by atoms with Crippen molar-refractivity contribution < 1.29 is 13.9 Å². The van der Waals surface area contributed by atoms with Gasteiger partial charge in [0.05, 0.1) is 6.54 Å². The number of nitrogens with one attached hydrogen (secondary N) is 2. The minimum absolute atomic E-state index is 0.0277. The molecule has 126 valence electrons. The van der Waals surface area contributed by atoms with Crippen molar-refractivity contribution in [2.45, 2.75) is 24.9 Å². The van der Waals surface area contributed by atoms with E-state index >= 15 is 0 Å². The van der Waals surface area contributed by atoms with Crippen molar-refractivity contribution in [2.24, 2.45) is 0 Å². The van der Waals surface area contributed by atoms with Crippen LogP contribution in [0, 0.1) is 5.82 Å². The predicted octanol–water partition coefficient (Wildman–Crippen LogP) is 1.07. The average Bonchev–Trinajstić information content (AvgIpc) is 2.56. The number of rotatable bonds is 4. The number of piperazine rings is 1. The normalized spacial score (nSPS) is 23.6. The Kier molecular flexibility index (Phi) is 5.59. The molecule has 1 aromatic rings. The molecule has 0 saturated carbocycles. The second-order valence-corrected chi connectivity index (χ2v) is 6.20. The molecule has 0 bridgehead atoms. The van der Waals surface area contributed by atoms with Gasteiger partial charge in [-0.1, -0.05) is 12.1 Å². The third-order valence-corrected chi connectivity index (χ3v) is 4.52. The van der Waals surface area contributed by atoms with Crippen molar-refractivity contribution in [3.8, 4) is 0 Å². The van der Waals surface area contributed by atoms with Gasteiger partial charge in [-0.25, -0.2) is 4.39 Å². The molecular weight excluding hydrogens is 297 g/mol. The monoisotopic (exact) mass is 321 g/mol. The fraction of sp³-hybridized carbons (Fsp3) is 0.588. The molecule has 23 heavy (non-hydrogen) atoms. The summed E-state index contributed by atoms with van der Waals surface area (Å²) in [6.07, 6.45) is 1.75. The number of halogens is 1. The zero-order valence-electron chi connectivity index (χ0n) is 13.3. The molecule has 1 atom stereocenters. The van der Waals surface area contributed by atoms with E-state index in [0.29, 0.717) is 19.8 Å². The van der Waals surface area contributed by atoms with Crippen LogP contribution >= 0.6 is 0 Å². The van der Waals surface area contributed by atoms with Gasteiger partial charge >= 0.3 is 0 Å². The fourth-order valence-electron chi connectivity index (χ4n) is 3.28. The average molecular weight is 321 g/mol. The molecule has 1 aromatic carbocycles. The van der Waals surface area contributed by atoms with Gasteiger partial charge in [0, 0.05) is 44.9 Å². The molecule has 0 aliphatic carbocycles. The largest absolute Gasteiger partial charge is 0.381 e. The lowest BCUT2D eigenvalue weighted by Crippen LogP contribution is -2.51. The second-order valence-electron chi connectivity index (χ2n) is 6.20. The van der Waals surface area contributed by atoms with E-state index in [2.05, 4.69) is 15.5 Å². The number of ether oxygens (including phenoxy) is 1. The molecular formula is C17H24FN3O2. The molecule has 0 aromatic heterocycles. The van der Waals surface area contributed by atoms with Crippen LogP contribution in [0.4, 0.5) is 4.39 Å². The quantitative estimate of drug-likeness (QED) is 0.871. The van der Waals surface area contributed by atoms with E-state index < -0.39 is 0 Å². The Bertz CT molecular complexity index is 534. The molecule has 1 amide bonds. The van der Waals surface area contributed by atoms with Gasteiger partial charge in [-0.2, -0.15) is 0 Å². The first-order chi connectivity index (χ1) is 11.2. The lowest BCUT2D eigenvalue weighted by atomic mass is 10.0. The van der Waals surface area contributed by atoms with Gasteiger partial charge in [0.2, 0.25) is 5.91 Å². The highest BCUT2D eigenvalue weighted by Gasteiger charge is 2.26. The first-order valence-corrected chi connectivity index (χ1v) is 8.30. The minimum Gasteiger partial charge on any atom is -0.381 e. The van der Waals surface area contributed by atoms with E-state index in [1.54, 1.807) is 12.1 Å². The summed E-state index contributed by atoms with van der Waals surface area (Å²) in [7, 11) is 0. The number of benzene rings is 1. The minimum atomic E-state index is -0.236. The summed E-state index contributed by atoms with van der Waals surface area (Å²) in [4.78, 5) is 14.5. The molecule has 2 saturated heterocycles. The van der Waals surface area contributed by atoms with Crippen molar-refractivity contribution in [1.29, 1.82) is 0 Å². The summed E-state index contributed by atoms with van der Waals surface area (Å²) in [6, 6.07) is 6.89. The Morgan fingerprint density at radius 3 is 3.00 bits per heavy atom. The summed E-state index contributed by atoms with van der Waals surface area (Å²) >= 11 is 0. The third kappa shape index (κ3) is 4.50. The van der Waals surface area contributed by atoms with Crippen molar-refractivity contribution in [2.75, 3.05) is 39.4 Å². The van der Waals surface area contributed by atoms with Crippen LogP contribution in [0.25, 0.3) is 0 Å². The SMILES string of the molecule is O=C(CN1CCNCC1c1cccc(F)c1)NC1CCOCC1. The maximum atomic E-state index is 13.5. The maximum absolute atomic E-state index is 13.5. The van der Waals surface area contributed by atoms with Gasteiger partial charge in [0.15, 0.2) is 0 Å². The van der Waals surface area contributed by atoms with E-state index in [9.17, 15) is 9.18 Å². The molecule has 0 radical (unpaired) electrons. The molecule has 2 aliphatic rings. The van der Waals surface area contributed by atoms with Crippen LogP contribution < -0.4 is 10.6 Å². The van der Waals surface area contributed by atoms with Gasteiger partial charge in [0.1, 0.15) is 5.82 Å². The molecule has 5 nitrogen and oxygen atoms in total. The van der Waals surface area contributed by atoms with Crippen molar-refractivity contribution in [1.82, 2.24) is 15.5 Å². The molecule has 2 fully saturated rings. The summed E-state index contributed by atoms with van der Waals surface area (Å²) in [5.74, 6) is -0.195. The summed E-state index contributed by atoms with van der Waals surface area (Å²) in [5, 5.41) is 6.42.